The van der Waals surface area contributed by atoms with E-state index >= 15 is 0 Å². The van der Waals surface area contributed by atoms with Crippen molar-refractivity contribution in [3.8, 4) is 0 Å². The molecule has 0 unspecified atom stereocenters. The molecule has 0 aromatic carbocycles. The summed E-state index contributed by atoms with van der Waals surface area (Å²) in [6.45, 7) is 0. The average molecular weight is 384 g/mol. The predicted octanol–water partition coefficient (Wildman–Crippen LogP) is 3.30. The van der Waals surface area contributed by atoms with Gasteiger partial charge in [0.1, 0.15) is 5.82 Å². The molecule has 2 saturated carbocycles. The van der Waals surface area contributed by atoms with Crippen molar-refractivity contribution in [2.45, 2.75) is 68.7 Å². The van der Waals surface area contributed by atoms with Gasteiger partial charge in [-0.05, 0) is 62.0 Å². The SMILES string of the molecule is O=c1ccc(C2CC2)nn1C1CCC(Nc2cc3c(nn2)CCSC3)CC1. The first kappa shape index (κ1) is 17.2. The van der Waals surface area contributed by atoms with Gasteiger partial charge in [0.05, 0.1) is 17.4 Å². The molecule has 142 valence electrons. The van der Waals surface area contributed by atoms with Crippen LogP contribution in [0.5, 0.6) is 0 Å². The molecule has 2 aliphatic carbocycles. The summed E-state index contributed by atoms with van der Waals surface area (Å²) < 4.78 is 1.75. The summed E-state index contributed by atoms with van der Waals surface area (Å²) in [6, 6.07) is 6.40. The van der Waals surface area contributed by atoms with E-state index in [4.69, 9.17) is 0 Å². The van der Waals surface area contributed by atoms with E-state index in [2.05, 4.69) is 26.7 Å². The first-order valence-corrected chi connectivity index (χ1v) is 11.2. The van der Waals surface area contributed by atoms with E-state index in [1.165, 1.54) is 18.4 Å². The quantitative estimate of drug-likeness (QED) is 0.873. The maximum absolute atomic E-state index is 12.3. The van der Waals surface area contributed by atoms with Crippen molar-refractivity contribution in [1.82, 2.24) is 20.0 Å². The van der Waals surface area contributed by atoms with Crippen LogP contribution in [0.4, 0.5) is 5.82 Å². The minimum Gasteiger partial charge on any atom is -0.366 e. The van der Waals surface area contributed by atoms with Crippen molar-refractivity contribution in [3.63, 3.8) is 0 Å². The van der Waals surface area contributed by atoms with E-state index in [1.807, 2.05) is 17.8 Å². The zero-order valence-corrected chi connectivity index (χ0v) is 16.2. The summed E-state index contributed by atoms with van der Waals surface area (Å²) in [7, 11) is 0. The van der Waals surface area contributed by atoms with Gasteiger partial charge in [-0.3, -0.25) is 4.79 Å². The Morgan fingerprint density at radius 1 is 1.07 bits per heavy atom. The Kier molecular flexibility index (Phi) is 4.63. The molecule has 0 saturated heterocycles. The van der Waals surface area contributed by atoms with E-state index < -0.39 is 0 Å². The number of nitrogens with one attached hydrogen (secondary N) is 1. The van der Waals surface area contributed by atoms with Crippen molar-refractivity contribution < 1.29 is 0 Å². The molecule has 5 rings (SSSR count). The van der Waals surface area contributed by atoms with Crippen LogP contribution < -0.4 is 10.9 Å². The Bertz CT molecular complexity index is 886. The van der Waals surface area contributed by atoms with E-state index in [-0.39, 0.29) is 11.6 Å². The molecule has 0 amide bonds. The number of nitrogens with zero attached hydrogens (tertiary/aromatic N) is 4. The second-order valence-electron chi connectivity index (χ2n) is 7.97. The second-order valence-corrected chi connectivity index (χ2v) is 9.07. The maximum Gasteiger partial charge on any atom is 0.267 e. The van der Waals surface area contributed by atoms with Gasteiger partial charge in [-0.25, -0.2) is 4.68 Å². The average Bonchev–Trinajstić information content (AvgIpc) is 3.54. The number of hydrogen-bond acceptors (Lipinski definition) is 6. The standard InChI is InChI=1S/C20H25N5OS/c26-20-8-7-18(13-1-2-13)24-25(20)16-5-3-15(4-6-16)21-19-11-14-12-27-10-9-17(14)22-23-19/h7-8,11,13,15-16H,1-6,9-10,12H2,(H,21,23). The predicted molar refractivity (Wildman–Crippen MR) is 107 cm³/mol. The molecule has 2 aromatic heterocycles. The summed E-state index contributed by atoms with van der Waals surface area (Å²) in [4.78, 5) is 12.3. The van der Waals surface area contributed by atoms with Crippen molar-refractivity contribution in [2.24, 2.45) is 0 Å². The van der Waals surface area contributed by atoms with Gasteiger partial charge < -0.3 is 5.32 Å². The third kappa shape index (κ3) is 3.74. The van der Waals surface area contributed by atoms with Crippen LogP contribution in [-0.2, 0) is 12.2 Å². The van der Waals surface area contributed by atoms with Gasteiger partial charge in [-0.1, -0.05) is 0 Å². The lowest BCUT2D eigenvalue weighted by molar-refractivity contribution is 0.301. The summed E-state index contributed by atoms with van der Waals surface area (Å²) in [5, 5.41) is 17.0. The van der Waals surface area contributed by atoms with Gasteiger partial charge in [-0.2, -0.15) is 22.0 Å². The third-order valence-electron chi connectivity index (χ3n) is 5.94. The lowest BCUT2D eigenvalue weighted by atomic mass is 9.91. The summed E-state index contributed by atoms with van der Waals surface area (Å²) in [6.07, 6.45) is 7.46. The van der Waals surface area contributed by atoms with Gasteiger partial charge in [0.2, 0.25) is 0 Å². The number of aryl methyl sites for hydroxylation is 1. The first-order chi connectivity index (χ1) is 13.3. The number of hydrogen-bond donors (Lipinski definition) is 1. The van der Waals surface area contributed by atoms with E-state index in [0.717, 1.165) is 60.8 Å². The molecular formula is C20H25N5OS. The van der Waals surface area contributed by atoms with Crippen molar-refractivity contribution in [2.75, 3.05) is 11.1 Å². The number of aromatic nitrogens is 4. The molecule has 0 atom stereocenters. The Morgan fingerprint density at radius 2 is 1.93 bits per heavy atom. The zero-order chi connectivity index (χ0) is 18.2. The zero-order valence-electron chi connectivity index (χ0n) is 15.4. The normalized spacial score (nSPS) is 25.0. The maximum atomic E-state index is 12.3. The molecule has 2 fully saturated rings. The highest BCUT2D eigenvalue weighted by atomic mass is 32.2. The van der Waals surface area contributed by atoms with Crippen molar-refractivity contribution >= 4 is 17.6 Å². The molecule has 2 aromatic rings. The Morgan fingerprint density at radius 3 is 2.74 bits per heavy atom. The fraction of sp³-hybridized carbons (Fsp3) is 0.600. The first-order valence-electron chi connectivity index (χ1n) is 10.1. The minimum atomic E-state index is 0.0360. The molecule has 7 heteroatoms. The third-order valence-corrected chi connectivity index (χ3v) is 6.94. The lowest BCUT2D eigenvalue weighted by Crippen LogP contribution is -2.33. The summed E-state index contributed by atoms with van der Waals surface area (Å²) in [5.74, 6) is 3.66. The highest BCUT2D eigenvalue weighted by Gasteiger charge is 2.28. The number of rotatable bonds is 4. The highest BCUT2D eigenvalue weighted by molar-refractivity contribution is 7.98. The van der Waals surface area contributed by atoms with Crippen molar-refractivity contribution in [3.05, 3.63) is 45.5 Å². The number of fused-ring (bicyclic) bond motifs is 1. The summed E-state index contributed by atoms with van der Waals surface area (Å²) >= 11 is 1.96. The molecular weight excluding hydrogens is 358 g/mol. The topological polar surface area (TPSA) is 72.7 Å². The van der Waals surface area contributed by atoms with Crippen LogP contribution in [0.15, 0.2) is 23.0 Å². The molecule has 0 radical (unpaired) electrons. The van der Waals surface area contributed by atoms with Gasteiger partial charge >= 0.3 is 0 Å². The molecule has 6 nitrogen and oxygen atoms in total. The smallest absolute Gasteiger partial charge is 0.267 e. The van der Waals surface area contributed by atoms with E-state index in [1.54, 1.807) is 10.7 Å². The molecule has 3 aliphatic rings. The second kappa shape index (κ2) is 7.26. The van der Waals surface area contributed by atoms with Crippen LogP contribution in [0.3, 0.4) is 0 Å². The highest BCUT2D eigenvalue weighted by Crippen LogP contribution is 2.39. The number of anilines is 1. The Labute approximate surface area is 163 Å². The Balaban J connectivity index is 1.23. The lowest BCUT2D eigenvalue weighted by Gasteiger charge is -2.30. The van der Waals surface area contributed by atoms with E-state index in [9.17, 15) is 4.79 Å². The van der Waals surface area contributed by atoms with Crippen LogP contribution in [0.25, 0.3) is 0 Å². The molecule has 27 heavy (non-hydrogen) atoms. The van der Waals surface area contributed by atoms with Crippen LogP contribution in [0, 0.1) is 0 Å². The monoisotopic (exact) mass is 383 g/mol. The van der Waals surface area contributed by atoms with Gasteiger partial charge in [0.25, 0.3) is 5.56 Å². The molecule has 3 heterocycles. The van der Waals surface area contributed by atoms with Crippen LogP contribution >= 0.6 is 11.8 Å². The number of thioether (sulfide) groups is 1. The largest absolute Gasteiger partial charge is 0.366 e. The molecule has 1 aliphatic heterocycles. The van der Waals surface area contributed by atoms with Gasteiger partial charge in [0.15, 0.2) is 0 Å². The van der Waals surface area contributed by atoms with E-state index in [0.29, 0.717) is 12.0 Å². The Hall–Kier alpha value is -1.89. The fourth-order valence-corrected chi connectivity index (χ4v) is 5.14. The van der Waals surface area contributed by atoms with Crippen molar-refractivity contribution in [1.29, 1.82) is 0 Å². The van der Waals surface area contributed by atoms with Crippen LogP contribution in [-0.4, -0.2) is 31.8 Å². The van der Waals surface area contributed by atoms with Crippen LogP contribution in [0.1, 0.15) is 67.4 Å². The molecule has 0 bridgehead atoms. The summed E-state index contributed by atoms with van der Waals surface area (Å²) in [5.41, 5.74) is 3.61. The van der Waals surface area contributed by atoms with Gasteiger partial charge in [-0.15, -0.1) is 5.10 Å². The van der Waals surface area contributed by atoms with Crippen LogP contribution in [0.2, 0.25) is 0 Å². The van der Waals surface area contributed by atoms with Gasteiger partial charge in [0, 0.05) is 30.2 Å². The fourth-order valence-electron chi connectivity index (χ4n) is 4.19. The molecule has 1 N–H and O–H groups in total. The molecule has 0 spiro atoms. The minimum absolute atomic E-state index is 0.0360.